The van der Waals surface area contributed by atoms with E-state index in [-0.39, 0.29) is 11.9 Å². The van der Waals surface area contributed by atoms with Gasteiger partial charge in [0.05, 0.1) is 17.6 Å². The van der Waals surface area contributed by atoms with Crippen molar-refractivity contribution < 1.29 is 4.39 Å². The van der Waals surface area contributed by atoms with Gasteiger partial charge in [-0.05, 0) is 45.0 Å². The summed E-state index contributed by atoms with van der Waals surface area (Å²) in [6.07, 6.45) is 1.09. The summed E-state index contributed by atoms with van der Waals surface area (Å²) in [5.74, 6) is 0.761. The molecular weight excluding hydrogens is 229 g/mol. The second kappa shape index (κ2) is 5.48. The minimum atomic E-state index is -0.211. The van der Waals surface area contributed by atoms with Gasteiger partial charge in [-0.25, -0.2) is 9.37 Å². The van der Waals surface area contributed by atoms with E-state index < -0.39 is 0 Å². The van der Waals surface area contributed by atoms with Gasteiger partial charge in [-0.3, -0.25) is 0 Å². The van der Waals surface area contributed by atoms with Crippen molar-refractivity contribution in [3.63, 3.8) is 0 Å². The predicted octanol–water partition coefficient (Wildman–Crippen LogP) is 3.26. The van der Waals surface area contributed by atoms with Crippen LogP contribution in [-0.4, -0.2) is 16.1 Å². The summed E-state index contributed by atoms with van der Waals surface area (Å²) in [6, 6.07) is 5.04. The quantitative estimate of drug-likeness (QED) is 0.824. The molecule has 0 unspecified atom stereocenters. The van der Waals surface area contributed by atoms with Gasteiger partial charge in [0.1, 0.15) is 11.6 Å². The van der Waals surface area contributed by atoms with Gasteiger partial charge < -0.3 is 9.88 Å². The number of benzene rings is 1. The number of nitrogens with one attached hydrogen (secondary N) is 1. The second-order valence-corrected chi connectivity index (χ2v) is 4.80. The number of fused-ring (bicyclic) bond motifs is 1. The largest absolute Gasteiger partial charge is 0.324 e. The third-order valence-corrected chi connectivity index (χ3v) is 2.95. The Morgan fingerprint density at radius 1 is 1.39 bits per heavy atom. The molecule has 0 saturated heterocycles. The van der Waals surface area contributed by atoms with Crippen LogP contribution in [0.4, 0.5) is 4.39 Å². The van der Waals surface area contributed by atoms with E-state index in [9.17, 15) is 4.39 Å². The van der Waals surface area contributed by atoms with E-state index >= 15 is 0 Å². The molecule has 98 valence electrons. The fourth-order valence-corrected chi connectivity index (χ4v) is 2.19. The molecule has 3 nitrogen and oxygen atoms in total. The molecular formula is C14H20FN3. The highest BCUT2D eigenvalue weighted by molar-refractivity contribution is 5.76. The van der Waals surface area contributed by atoms with Crippen molar-refractivity contribution in [2.45, 2.75) is 39.8 Å². The number of halogens is 1. The maximum atomic E-state index is 13.3. The molecule has 0 aliphatic carbocycles. The van der Waals surface area contributed by atoms with Crippen LogP contribution in [0.1, 0.15) is 39.1 Å². The monoisotopic (exact) mass is 249 g/mol. The zero-order valence-electron chi connectivity index (χ0n) is 11.2. The summed E-state index contributed by atoms with van der Waals surface area (Å²) in [4.78, 5) is 4.58. The van der Waals surface area contributed by atoms with Crippen molar-refractivity contribution in [1.29, 1.82) is 0 Å². The zero-order valence-corrected chi connectivity index (χ0v) is 11.2. The zero-order chi connectivity index (χ0) is 13.1. The number of rotatable bonds is 5. The first-order chi connectivity index (χ1) is 8.63. The lowest BCUT2D eigenvalue weighted by atomic mass is 10.3. The van der Waals surface area contributed by atoms with Gasteiger partial charge in [0.25, 0.3) is 0 Å². The molecule has 0 amide bonds. The fraction of sp³-hybridized carbons (Fsp3) is 0.500. The molecule has 0 saturated carbocycles. The lowest BCUT2D eigenvalue weighted by Crippen LogP contribution is -2.18. The molecule has 0 radical (unpaired) electrons. The van der Waals surface area contributed by atoms with Gasteiger partial charge in [-0.2, -0.15) is 0 Å². The van der Waals surface area contributed by atoms with Crippen LogP contribution in [0.3, 0.4) is 0 Å². The molecule has 0 aliphatic rings. The highest BCUT2D eigenvalue weighted by Gasteiger charge is 2.13. The van der Waals surface area contributed by atoms with Crippen LogP contribution in [0.5, 0.6) is 0 Å². The standard InChI is InChI=1S/C14H20FN3/c1-4-7-16-9-14-17-12-6-5-11(15)8-13(12)18(14)10(2)3/h5-6,8,10,16H,4,7,9H2,1-3H3. The molecule has 18 heavy (non-hydrogen) atoms. The molecule has 0 spiro atoms. The second-order valence-electron chi connectivity index (χ2n) is 4.80. The van der Waals surface area contributed by atoms with E-state index in [2.05, 4.69) is 35.6 Å². The smallest absolute Gasteiger partial charge is 0.125 e. The fourth-order valence-electron chi connectivity index (χ4n) is 2.19. The molecule has 4 heteroatoms. The number of nitrogens with zero attached hydrogens (tertiary/aromatic N) is 2. The third kappa shape index (κ3) is 2.53. The van der Waals surface area contributed by atoms with E-state index in [4.69, 9.17) is 0 Å². The van der Waals surface area contributed by atoms with E-state index in [1.54, 1.807) is 12.1 Å². The van der Waals surface area contributed by atoms with Crippen molar-refractivity contribution in [2.75, 3.05) is 6.54 Å². The Morgan fingerprint density at radius 2 is 2.17 bits per heavy atom. The summed E-state index contributed by atoms with van der Waals surface area (Å²) in [5, 5.41) is 3.35. The normalized spacial score (nSPS) is 11.6. The Balaban J connectivity index is 2.41. The summed E-state index contributed by atoms with van der Waals surface area (Å²) < 4.78 is 15.4. The average molecular weight is 249 g/mol. The van der Waals surface area contributed by atoms with Gasteiger partial charge in [-0.15, -0.1) is 0 Å². The lowest BCUT2D eigenvalue weighted by molar-refractivity contribution is 0.552. The van der Waals surface area contributed by atoms with Crippen LogP contribution in [0.15, 0.2) is 18.2 Å². The summed E-state index contributed by atoms with van der Waals surface area (Å²) in [7, 11) is 0. The molecule has 1 N–H and O–H groups in total. The van der Waals surface area contributed by atoms with Crippen LogP contribution in [0.25, 0.3) is 11.0 Å². The summed E-state index contributed by atoms with van der Waals surface area (Å²) >= 11 is 0. The van der Waals surface area contributed by atoms with Crippen LogP contribution < -0.4 is 5.32 Å². The molecule has 2 aromatic rings. The van der Waals surface area contributed by atoms with Crippen LogP contribution in [0, 0.1) is 5.82 Å². The molecule has 0 aliphatic heterocycles. The molecule has 0 fully saturated rings. The SMILES string of the molecule is CCCNCc1nc2ccc(F)cc2n1C(C)C. The minimum Gasteiger partial charge on any atom is -0.324 e. The summed E-state index contributed by atoms with van der Waals surface area (Å²) in [6.45, 7) is 8.01. The molecule has 1 aromatic carbocycles. The molecule has 0 bridgehead atoms. The van der Waals surface area contributed by atoms with Crippen molar-refractivity contribution in [3.8, 4) is 0 Å². The van der Waals surface area contributed by atoms with Crippen LogP contribution >= 0.6 is 0 Å². The van der Waals surface area contributed by atoms with E-state index in [0.29, 0.717) is 0 Å². The third-order valence-electron chi connectivity index (χ3n) is 2.95. The summed E-state index contributed by atoms with van der Waals surface area (Å²) in [5.41, 5.74) is 1.73. The van der Waals surface area contributed by atoms with E-state index in [0.717, 1.165) is 36.4 Å². The van der Waals surface area contributed by atoms with Gasteiger partial charge in [0, 0.05) is 6.04 Å². The Hall–Kier alpha value is -1.42. The first-order valence-electron chi connectivity index (χ1n) is 6.50. The van der Waals surface area contributed by atoms with Gasteiger partial charge in [0.2, 0.25) is 0 Å². The molecule has 2 rings (SSSR count). The molecule has 0 atom stereocenters. The van der Waals surface area contributed by atoms with E-state index in [1.807, 2.05) is 0 Å². The van der Waals surface area contributed by atoms with Crippen molar-refractivity contribution >= 4 is 11.0 Å². The number of aromatic nitrogens is 2. The lowest BCUT2D eigenvalue weighted by Gasteiger charge is -2.13. The number of imidazole rings is 1. The molecule has 1 aromatic heterocycles. The predicted molar refractivity (Wildman–Crippen MR) is 72.1 cm³/mol. The first kappa shape index (κ1) is 13.0. The Bertz CT molecular complexity index is 531. The van der Waals surface area contributed by atoms with Gasteiger partial charge in [-0.1, -0.05) is 6.92 Å². The highest BCUT2D eigenvalue weighted by atomic mass is 19.1. The maximum Gasteiger partial charge on any atom is 0.125 e. The topological polar surface area (TPSA) is 29.9 Å². The average Bonchev–Trinajstić information content (AvgIpc) is 2.67. The van der Waals surface area contributed by atoms with E-state index in [1.165, 1.54) is 6.07 Å². The van der Waals surface area contributed by atoms with Gasteiger partial charge in [0.15, 0.2) is 0 Å². The number of hydrogen-bond donors (Lipinski definition) is 1. The Kier molecular flexibility index (Phi) is 3.97. The Morgan fingerprint density at radius 3 is 2.83 bits per heavy atom. The number of hydrogen-bond acceptors (Lipinski definition) is 2. The first-order valence-corrected chi connectivity index (χ1v) is 6.50. The van der Waals surface area contributed by atoms with Crippen molar-refractivity contribution in [2.24, 2.45) is 0 Å². The minimum absolute atomic E-state index is 0.211. The highest BCUT2D eigenvalue weighted by Crippen LogP contribution is 2.21. The van der Waals surface area contributed by atoms with Crippen molar-refractivity contribution in [1.82, 2.24) is 14.9 Å². The van der Waals surface area contributed by atoms with Gasteiger partial charge >= 0.3 is 0 Å². The van der Waals surface area contributed by atoms with Crippen molar-refractivity contribution in [3.05, 3.63) is 29.8 Å². The Labute approximate surface area is 107 Å². The molecule has 1 heterocycles. The maximum absolute atomic E-state index is 13.3. The van der Waals surface area contributed by atoms with Crippen LogP contribution in [0.2, 0.25) is 0 Å². The van der Waals surface area contributed by atoms with Crippen LogP contribution in [-0.2, 0) is 6.54 Å².